The third-order valence-electron chi connectivity index (χ3n) is 6.39. The van der Waals surface area contributed by atoms with Gasteiger partial charge < -0.3 is 20.4 Å². The Balaban J connectivity index is 0.00000363. The second-order valence-electron chi connectivity index (χ2n) is 8.93. The van der Waals surface area contributed by atoms with E-state index in [0.29, 0.717) is 18.4 Å². The number of likely N-dealkylation sites (tertiary alicyclic amines) is 1. The largest absolute Gasteiger partial charge is 0.357 e. The van der Waals surface area contributed by atoms with Crippen LogP contribution in [0.5, 0.6) is 0 Å². The Morgan fingerprint density at radius 1 is 1.16 bits per heavy atom. The summed E-state index contributed by atoms with van der Waals surface area (Å²) < 4.78 is 0. The van der Waals surface area contributed by atoms with Gasteiger partial charge in [-0.2, -0.15) is 0 Å². The highest BCUT2D eigenvalue weighted by atomic mass is 127. The molecule has 0 spiro atoms. The predicted octanol–water partition coefficient (Wildman–Crippen LogP) is 1.89. The molecule has 2 aliphatic rings. The van der Waals surface area contributed by atoms with E-state index in [4.69, 9.17) is 4.99 Å². The van der Waals surface area contributed by atoms with Crippen LogP contribution in [0.1, 0.15) is 25.8 Å². The van der Waals surface area contributed by atoms with Crippen molar-refractivity contribution in [1.29, 1.82) is 0 Å². The van der Waals surface area contributed by atoms with Crippen molar-refractivity contribution < 1.29 is 4.79 Å². The average molecular weight is 557 g/mol. The highest BCUT2D eigenvalue weighted by Crippen LogP contribution is 2.17. The van der Waals surface area contributed by atoms with Gasteiger partial charge in [-0.25, -0.2) is 0 Å². The molecule has 2 fully saturated rings. The summed E-state index contributed by atoms with van der Waals surface area (Å²) in [6.07, 6.45) is 1.54. The normalized spacial score (nSPS) is 21.3. The summed E-state index contributed by atoms with van der Waals surface area (Å²) in [4.78, 5) is 24.2. The molecule has 1 aromatic carbocycles. The monoisotopic (exact) mass is 556 g/mol. The summed E-state index contributed by atoms with van der Waals surface area (Å²) in [7, 11) is 2.18. The Morgan fingerprint density at radius 2 is 1.88 bits per heavy atom. The molecule has 2 atom stereocenters. The van der Waals surface area contributed by atoms with Gasteiger partial charge in [0.15, 0.2) is 5.96 Å². The molecule has 180 valence electrons. The molecule has 2 unspecified atom stereocenters. The Bertz CT molecular complexity index is 708. The summed E-state index contributed by atoms with van der Waals surface area (Å²) in [6.45, 7) is 12.9. The maximum absolute atomic E-state index is 12.4. The first-order valence-electron chi connectivity index (χ1n) is 11.8. The van der Waals surface area contributed by atoms with Crippen molar-refractivity contribution >= 4 is 35.8 Å². The van der Waals surface area contributed by atoms with Gasteiger partial charge in [0.2, 0.25) is 5.91 Å². The van der Waals surface area contributed by atoms with E-state index in [0.717, 1.165) is 71.3 Å². The van der Waals surface area contributed by atoms with Crippen molar-refractivity contribution in [2.45, 2.75) is 32.7 Å². The zero-order valence-electron chi connectivity index (χ0n) is 19.9. The molecule has 2 N–H and O–H groups in total. The topological polar surface area (TPSA) is 63.2 Å². The molecule has 2 saturated heterocycles. The molecule has 0 saturated carbocycles. The predicted molar refractivity (Wildman–Crippen MR) is 143 cm³/mol. The van der Waals surface area contributed by atoms with Crippen LogP contribution >= 0.6 is 24.0 Å². The van der Waals surface area contributed by atoms with Crippen molar-refractivity contribution in [3.05, 3.63) is 35.9 Å². The average Bonchev–Trinajstić information content (AvgIpc) is 3.14. The molecule has 2 aliphatic heterocycles. The minimum absolute atomic E-state index is 0. The van der Waals surface area contributed by atoms with E-state index >= 15 is 0 Å². The smallest absolute Gasteiger partial charge is 0.223 e. The lowest BCUT2D eigenvalue weighted by molar-refractivity contribution is -0.127. The molecule has 1 amide bonds. The van der Waals surface area contributed by atoms with Gasteiger partial charge in [0.1, 0.15) is 0 Å². The number of guanidine groups is 1. The number of piperazine rings is 1. The number of benzene rings is 1. The third-order valence-corrected chi connectivity index (χ3v) is 6.39. The van der Waals surface area contributed by atoms with Crippen molar-refractivity contribution in [2.75, 3.05) is 66.0 Å². The quantitative estimate of drug-likeness (QED) is 0.277. The van der Waals surface area contributed by atoms with Gasteiger partial charge in [-0.05, 0) is 32.9 Å². The van der Waals surface area contributed by atoms with Crippen molar-refractivity contribution in [2.24, 2.45) is 10.9 Å². The number of rotatable bonds is 9. The minimum atomic E-state index is 0. The summed E-state index contributed by atoms with van der Waals surface area (Å²) in [5, 5.41) is 6.83. The van der Waals surface area contributed by atoms with E-state index in [9.17, 15) is 4.79 Å². The summed E-state index contributed by atoms with van der Waals surface area (Å²) >= 11 is 0. The fourth-order valence-electron chi connectivity index (χ4n) is 4.30. The molecule has 32 heavy (non-hydrogen) atoms. The van der Waals surface area contributed by atoms with Crippen LogP contribution in [0, 0.1) is 5.92 Å². The first-order valence-corrected chi connectivity index (χ1v) is 11.8. The second-order valence-corrected chi connectivity index (χ2v) is 8.93. The van der Waals surface area contributed by atoms with Gasteiger partial charge in [0, 0.05) is 70.7 Å². The van der Waals surface area contributed by atoms with Gasteiger partial charge in [-0.15, -0.1) is 24.0 Å². The number of carbonyl (C=O) groups excluding carboxylic acids is 1. The zero-order chi connectivity index (χ0) is 22.1. The fourth-order valence-corrected chi connectivity index (χ4v) is 4.30. The first-order chi connectivity index (χ1) is 15.0. The lowest BCUT2D eigenvalue weighted by Gasteiger charge is -2.35. The molecular formula is C24H41IN6O. The summed E-state index contributed by atoms with van der Waals surface area (Å²) in [6, 6.07) is 10.8. The van der Waals surface area contributed by atoms with Crippen LogP contribution in [0.2, 0.25) is 0 Å². The second kappa shape index (κ2) is 14.0. The van der Waals surface area contributed by atoms with Gasteiger partial charge in [0.25, 0.3) is 0 Å². The summed E-state index contributed by atoms with van der Waals surface area (Å²) in [5.41, 5.74) is 1.29. The van der Waals surface area contributed by atoms with Gasteiger partial charge in [-0.1, -0.05) is 30.3 Å². The van der Waals surface area contributed by atoms with Crippen LogP contribution in [-0.4, -0.2) is 98.6 Å². The maximum atomic E-state index is 12.4. The Morgan fingerprint density at radius 3 is 2.56 bits per heavy atom. The molecule has 0 aliphatic carbocycles. The lowest BCUT2D eigenvalue weighted by Crippen LogP contribution is -2.49. The molecule has 7 nitrogen and oxygen atoms in total. The Hall–Kier alpha value is -1.39. The number of nitrogens with one attached hydrogen (secondary N) is 2. The molecular weight excluding hydrogens is 515 g/mol. The molecule has 8 heteroatoms. The van der Waals surface area contributed by atoms with Gasteiger partial charge >= 0.3 is 0 Å². The van der Waals surface area contributed by atoms with E-state index in [1.54, 1.807) is 0 Å². The first kappa shape index (κ1) is 26.9. The van der Waals surface area contributed by atoms with Crippen LogP contribution in [0.25, 0.3) is 0 Å². The van der Waals surface area contributed by atoms with Gasteiger partial charge in [-0.3, -0.25) is 14.7 Å². The van der Waals surface area contributed by atoms with Crippen LogP contribution in [0.15, 0.2) is 35.3 Å². The minimum Gasteiger partial charge on any atom is -0.357 e. The molecule has 2 heterocycles. The van der Waals surface area contributed by atoms with E-state index in [2.05, 4.69) is 65.6 Å². The number of carbonyl (C=O) groups is 1. The van der Waals surface area contributed by atoms with Crippen molar-refractivity contribution in [3.63, 3.8) is 0 Å². The number of halogens is 1. The van der Waals surface area contributed by atoms with Crippen LogP contribution in [0.4, 0.5) is 0 Å². The van der Waals surface area contributed by atoms with E-state index in [1.165, 1.54) is 5.56 Å². The third kappa shape index (κ3) is 8.51. The zero-order valence-corrected chi connectivity index (χ0v) is 22.3. The van der Waals surface area contributed by atoms with Crippen molar-refractivity contribution in [1.82, 2.24) is 25.3 Å². The number of aliphatic imine (C=N–C) groups is 1. The van der Waals surface area contributed by atoms with E-state index < -0.39 is 0 Å². The number of nitrogens with zero attached hydrogens (tertiary/aromatic N) is 4. The van der Waals surface area contributed by atoms with Gasteiger partial charge in [0.05, 0.1) is 6.54 Å². The Labute approximate surface area is 211 Å². The van der Waals surface area contributed by atoms with Crippen LogP contribution in [0.3, 0.4) is 0 Å². The highest BCUT2D eigenvalue weighted by Gasteiger charge is 2.29. The number of hydrogen-bond acceptors (Lipinski definition) is 4. The van der Waals surface area contributed by atoms with Crippen LogP contribution < -0.4 is 10.6 Å². The number of likely N-dealkylation sites (N-methyl/N-ethyl adjacent to an activating group) is 1. The molecule has 0 bridgehead atoms. The standard InChI is InChI=1S/C24H40N6O.HI/c1-4-25-24(26-17-20(2)29-14-12-28(3)13-15-29)27-18-22-16-23(31)30(19-22)11-10-21-8-6-5-7-9-21;/h5-9,20,22H,4,10-19H2,1-3H3,(H2,25,26,27);1H. The van der Waals surface area contributed by atoms with Crippen LogP contribution in [-0.2, 0) is 11.2 Å². The lowest BCUT2D eigenvalue weighted by atomic mass is 10.1. The van der Waals surface area contributed by atoms with Crippen molar-refractivity contribution in [3.8, 4) is 0 Å². The number of hydrogen-bond donors (Lipinski definition) is 2. The molecule has 0 aromatic heterocycles. The number of amides is 1. The molecule has 0 radical (unpaired) electrons. The SMILES string of the molecule is CCNC(=NCC(C)N1CCN(C)CC1)NCC1CC(=O)N(CCc2ccccc2)C1.I. The molecule has 1 aromatic rings. The van der Waals surface area contributed by atoms with E-state index in [-0.39, 0.29) is 29.9 Å². The van der Waals surface area contributed by atoms with E-state index in [1.807, 2.05) is 11.0 Å². The molecule has 3 rings (SSSR count). The fraction of sp³-hybridized carbons (Fsp3) is 0.667. The Kier molecular flexibility index (Phi) is 11.7. The highest BCUT2D eigenvalue weighted by molar-refractivity contribution is 14.0. The maximum Gasteiger partial charge on any atom is 0.223 e. The summed E-state index contributed by atoms with van der Waals surface area (Å²) in [5.74, 6) is 1.47.